The van der Waals surface area contributed by atoms with Crippen molar-refractivity contribution in [1.29, 1.82) is 0 Å². The Hall–Kier alpha value is -0.0400. The van der Waals surface area contributed by atoms with Crippen LogP contribution in [-0.4, -0.2) is 11.2 Å². The van der Waals surface area contributed by atoms with Gasteiger partial charge in [0.2, 0.25) is 0 Å². The van der Waals surface area contributed by atoms with Crippen molar-refractivity contribution in [3.63, 3.8) is 0 Å². The third-order valence-electron chi connectivity index (χ3n) is 4.20. The van der Waals surface area contributed by atoms with Crippen LogP contribution in [0, 0.1) is 29.6 Å². The minimum Gasteiger partial charge on any atom is -0.393 e. The molecule has 1 N–H and O–H groups in total. The van der Waals surface area contributed by atoms with Crippen LogP contribution >= 0.6 is 0 Å². The van der Waals surface area contributed by atoms with E-state index in [9.17, 15) is 5.11 Å². The molecule has 15 heavy (non-hydrogen) atoms. The zero-order valence-corrected chi connectivity index (χ0v) is 11.0. The Morgan fingerprint density at radius 3 is 2.07 bits per heavy atom. The van der Waals surface area contributed by atoms with Crippen LogP contribution in [0.25, 0.3) is 0 Å². The first-order valence-electron chi connectivity index (χ1n) is 6.61. The first-order valence-corrected chi connectivity index (χ1v) is 6.61. The highest BCUT2D eigenvalue weighted by Crippen LogP contribution is 2.41. The van der Waals surface area contributed by atoms with Gasteiger partial charge in [0.1, 0.15) is 0 Å². The second kappa shape index (κ2) is 5.34. The first kappa shape index (κ1) is 13.0. The zero-order chi connectivity index (χ0) is 11.6. The SMILES string of the molecule is CC1CCC(C(C)C)C(C(O)C(C)C)C1. The van der Waals surface area contributed by atoms with E-state index in [0.717, 1.165) is 17.8 Å². The third kappa shape index (κ3) is 3.21. The van der Waals surface area contributed by atoms with Gasteiger partial charge in [0, 0.05) is 0 Å². The predicted octanol–water partition coefficient (Wildman–Crippen LogP) is 3.71. The second-order valence-corrected chi connectivity index (χ2v) is 6.22. The molecule has 1 rings (SSSR count). The maximum atomic E-state index is 10.3. The minimum absolute atomic E-state index is 0.0971. The fraction of sp³-hybridized carbons (Fsp3) is 1.00. The Balaban J connectivity index is 2.69. The number of aliphatic hydroxyl groups is 1. The van der Waals surface area contributed by atoms with Gasteiger partial charge in [-0.1, -0.05) is 41.0 Å². The highest BCUT2D eigenvalue weighted by Gasteiger charge is 2.35. The summed E-state index contributed by atoms with van der Waals surface area (Å²) in [4.78, 5) is 0. The van der Waals surface area contributed by atoms with E-state index in [4.69, 9.17) is 0 Å². The van der Waals surface area contributed by atoms with E-state index < -0.39 is 0 Å². The number of hydrogen-bond acceptors (Lipinski definition) is 1. The summed E-state index contributed by atoms with van der Waals surface area (Å²) in [5, 5.41) is 10.3. The lowest BCUT2D eigenvalue weighted by molar-refractivity contribution is -0.0103. The molecule has 1 fully saturated rings. The number of rotatable bonds is 3. The lowest BCUT2D eigenvalue weighted by atomic mass is 9.66. The maximum absolute atomic E-state index is 10.3. The summed E-state index contributed by atoms with van der Waals surface area (Å²) >= 11 is 0. The van der Waals surface area contributed by atoms with Crippen molar-refractivity contribution in [3.8, 4) is 0 Å². The molecule has 0 radical (unpaired) electrons. The molecule has 4 atom stereocenters. The van der Waals surface area contributed by atoms with E-state index in [2.05, 4.69) is 34.6 Å². The summed E-state index contributed by atoms with van der Waals surface area (Å²) in [6.45, 7) is 11.2. The zero-order valence-electron chi connectivity index (χ0n) is 11.0. The molecule has 0 heterocycles. The average Bonchev–Trinajstić information content (AvgIpc) is 2.15. The summed E-state index contributed by atoms with van der Waals surface area (Å²) in [7, 11) is 0. The van der Waals surface area contributed by atoms with Crippen LogP contribution in [0.15, 0.2) is 0 Å². The topological polar surface area (TPSA) is 20.2 Å². The molecule has 90 valence electrons. The third-order valence-corrected chi connectivity index (χ3v) is 4.20. The van der Waals surface area contributed by atoms with Gasteiger partial charge in [-0.3, -0.25) is 0 Å². The highest BCUT2D eigenvalue weighted by molar-refractivity contribution is 4.85. The van der Waals surface area contributed by atoms with Crippen molar-refractivity contribution in [3.05, 3.63) is 0 Å². The van der Waals surface area contributed by atoms with E-state index in [1.54, 1.807) is 0 Å². The Morgan fingerprint density at radius 1 is 1.00 bits per heavy atom. The summed E-state index contributed by atoms with van der Waals surface area (Å²) in [5.41, 5.74) is 0. The Labute approximate surface area is 95.3 Å². The van der Waals surface area contributed by atoms with Gasteiger partial charge < -0.3 is 5.11 Å². The molecule has 0 aliphatic heterocycles. The Bertz CT molecular complexity index is 186. The molecule has 1 saturated carbocycles. The van der Waals surface area contributed by atoms with Crippen molar-refractivity contribution < 1.29 is 5.11 Å². The molecule has 0 aromatic carbocycles. The van der Waals surface area contributed by atoms with Gasteiger partial charge in [-0.15, -0.1) is 0 Å². The quantitative estimate of drug-likeness (QED) is 0.756. The molecule has 1 aliphatic rings. The molecular weight excluding hydrogens is 184 g/mol. The maximum Gasteiger partial charge on any atom is 0.0594 e. The second-order valence-electron chi connectivity index (χ2n) is 6.22. The molecule has 0 saturated heterocycles. The summed E-state index contributed by atoms with van der Waals surface area (Å²) < 4.78 is 0. The Morgan fingerprint density at radius 2 is 1.60 bits per heavy atom. The summed E-state index contributed by atoms with van der Waals surface area (Å²) in [6, 6.07) is 0. The van der Waals surface area contributed by atoms with Crippen LogP contribution in [0.4, 0.5) is 0 Å². The van der Waals surface area contributed by atoms with Crippen molar-refractivity contribution in [1.82, 2.24) is 0 Å². The lowest BCUT2D eigenvalue weighted by Gasteiger charge is -2.41. The molecule has 0 aromatic rings. The van der Waals surface area contributed by atoms with E-state index in [1.807, 2.05) is 0 Å². The van der Waals surface area contributed by atoms with Gasteiger partial charge in [-0.25, -0.2) is 0 Å². The van der Waals surface area contributed by atoms with Crippen molar-refractivity contribution in [2.45, 2.75) is 60.0 Å². The van der Waals surface area contributed by atoms with E-state index in [1.165, 1.54) is 19.3 Å². The molecule has 1 aliphatic carbocycles. The smallest absolute Gasteiger partial charge is 0.0594 e. The molecule has 4 unspecified atom stereocenters. The molecular formula is C14H28O. The van der Waals surface area contributed by atoms with E-state index in [0.29, 0.717) is 11.8 Å². The fourth-order valence-electron chi connectivity index (χ4n) is 3.16. The lowest BCUT2D eigenvalue weighted by Crippen LogP contribution is -2.38. The van der Waals surface area contributed by atoms with Crippen LogP contribution in [0.1, 0.15) is 53.9 Å². The van der Waals surface area contributed by atoms with Crippen molar-refractivity contribution >= 4 is 0 Å². The Kier molecular flexibility index (Phi) is 4.64. The largest absolute Gasteiger partial charge is 0.393 e. The molecule has 0 spiro atoms. The van der Waals surface area contributed by atoms with Crippen molar-refractivity contribution in [2.75, 3.05) is 0 Å². The van der Waals surface area contributed by atoms with Crippen LogP contribution in [0.5, 0.6) is 0 Å². The average molecular weight is 212 g/mol. The minimum atomic E-state index is -0.0971. The molecule has 0 amide bonds. The first-order chi connectivity index (χ1) is 6.93. The highest BCUT2D eigenvalue weighted by atomic mass is 16.3. The molecule has 1 nitrogen and oxygen atoms in total. The van der Waals surface area contributed by atoms with E-state index >= 15 is 0 Å². The van der Waals surface area contributed by atoms with Crippen LogP contribution < -0.4 is 0 Å². The number of hydrogen-bond donors (Lipinski definition) is 1. The fourth-order valence-corrected chi connectivity index (χ4v) is 3.16. The normalized spacial score (nSPS) is 34.8. The van der Waals surface area contributed by atoms with Gasteiger partial charge in [0.15, 0.2) is 0 Å². The molecule has 1 heteroatoms. The summed E-state index contributed by atoms with van der Waals surface area (Å²) in [6.07, 6.45) is 3.79. The van der Waals surface area contributed by atoms with Crippen LogP contribution in [-0.2, 0) is 0 Å². The predicted molar refractivity (Wildman–Crippen MR) is 65.7 cm³/mol. The van der Waals surface area contributed by atoms with E-state index in [-0.39, 0.29) is 6.10 Å². The summed E-state index contributed by atoms with van der Waals surface area (Å²) in [5.74, 6) is 3.20. The van der Waals surface area contributed by atoms with Gasteiger partial charge in [-0.05, 0) is 42.4 Å². The van der Waals surface area contributed by atoms with Gasteiger partial charge in [-0.2, -0.15) is 0 Å². The molecule has 0 aromatic heterocycles. The van der Waals surface area contributed by atoms with Gasteiger partial charge >= 0.3 is 0 Å². The van der Waals surface area contributed by atoms with Crippen molar-refractivity contribution in [2.24, 2.45) is 29.6 Å². The monoisotopic (exact) mass is 212 g/mol. The number of aliphatic hydroxyl groups excluding tert-OH is 1. The standard InChI is InChI=1S/C14H28O/c1-9(2)12-7-6-11(5)8-13(12)14(15)10(3)4/h9-15H,6-8H2,1-5H3. The van der Waals surface area contributed by atoms with Gasteiger partial charge in [0.05, 0.1) is 6.10 Å². The van der Waals surface area contributed by atoms with Crippen LogP contribution in [0.3, 0.4) is 0 Å². The van der Waals surface area contributed by atoms with Gasteiger partial charge in [0.25, 0.3) is 0 Å². The van der Waals surface area contributed by atoms with Crippen LogP contribution in [0.2, 0.25) is 0 Å². The molecule has 0 bridgehead atoms.